The van der Waals surface area contributed by atoms with Crippen LogP contribution in [0.5, 0.6) is 0 Å². The lowest BCUT2D eigenvalue weighted by molar-refractivity contribution is -0.117. The third-order valence-electron chi connectivity index (χ3n) is 2.38. The maximum absolute atomic E-state index is 11.8. The summed E-state index contributed by atoms with van der Waals surface area (Å²) in [6, 6.07) is 0. The number of nitrogens with two attached hydrogens (primary N) is 1. The van der Waals surface area contributed by atoms with Crippen LogP contribution in [0.3, 0.4) is 0 Å². The van der Waals surface area contributed by atoms with E-state index in [9.17, 15) is 9.59 Å². The topological polar surface area (TPSA) is 63.4 Å². The summed E-state index contributed by atoms with van der Waals surface area (Å²) < 4.78 is 0. The molecule has 1 saturated heterocycles. The number of anilines is 2. The van der Waals surface area contributed by atoms with Gasteiger partial charge in [0.15, 0.2) is 5.12 Å². The van der Waals surface area contributed by atoms with Crippen LogP contribution >= 0.6 is 23.1 Å². The summed E-state index contributed by atoms with van der Waals surface area (Å²) in [4.78, 5) is 24.4. The van der Waals surface area contributed by atoms with Gasteiger partial charge in [0.1, 0.15) is 0 Å². The number of hydrogen-bond donors (Lipinski definition) is 1. The van der Waals surface area contributed by atoms with Crippen LogP contribution in [0.15, 0.2) is 10.8 Å². The molecule has 86 valence electrons. The van der Waals surface area contributed by atoms with Gasteiger partial charge in [0.05, 0.1) is 11.4 Å². The normalized spacial score (nSPS) is 20.4. The Kier molecular flexibility index (Phi) is 3.20. The number of thioether (sulfide) groups is 1. The highest BCUT2D eigenvalue weighted by Gasteiger charge is 2.32. The number of carbonyl (C=O) groups is 2. The molecule has 1 aromatic rings. The van der Waals surface area contributed by atoms with Crippen molar-refractivity contribution in [1.29, 1.82) is 0 Å². The van der Waals surface area contributed by atoms with Gasteiger partial charge in [-0.25, -0.2) is 0 Å². The molecule has 1 aromatic heterocycles. The molecule has 1 amide bonds. The van der Waals surface area contributed by atoms with Crippen molar-refractivity contribution >= 4 is 45.5 Å². The molecule has 1 unspecified atom stereocenters. The van der Waals surface area contributed by atoms with Crippen LogP contribution in [-0.2, 0) is 9.59 Å². The van der Waals surface area contributed by atoms with Crippen LogP contribution in [0.1, 0.15) is 13.3 Å². The maximum Gasteiger partial charge on any atom is 0.228 e. The van der Waals surface area contributed by atoms with E-state index in [1.54, 1.807) is 4.90 Å². The fraction of sp³-hybridized carbons (Fsp3) is 0.400. The van der Waals surface area contributed by atoms with Gasteiger partial charge in [0.25, 0.3) is 0 Å². The van der Waals surface area contributed by atoms with E-state index in [1.807, 2.05) is 10.8 Å². The summed E-state index contributed by atoms with van der Waals surface area (Å²) in [6.07, 6.45) is 0.416. The van der Waals surface area contributed by atoms with Gasteiger partial charge in [-0.05, 0) is 0 Å². The second kappa shape index (κ2) is 4.47. The lowest BCUT2D eigenvalue weighted by Crippen LogP contribution is -2.25. The Balaban J connectivity index is 2.11. The molecule has 1 aliphatic rings. The van der Waals surface area contributed by atoms with Gasteiger partial charge in [0.2, 0.25) is 5.91 Å². The van der Waals surface area contributed by atoms with E-state index in [0.717, 1.165) is 5.69 Å². The zero-order valence-electron chi connectivity index (χ0n) is 8.80. The Hall–Kier alpha value is -1.01. The molecule has 4 nitrogen and oxygen atoms in total. The summed E-state index contributed by atoms with van der Waals surface area (Å²) >= 11 is 2.71. The third-order valence-corrected chi connectivity index (χ3v) is 4.11. The van der Waals surface area contributed by atoms with Crippen LogP contribution in [-0.4, -0.2) is 22.8 Å². The van der Waals surface area contributed by atoms with Crippen LogP contribution in [0, 0.1) is 0 Å². The first-order chi connectivity index (χ1) is 7.58. The van der Waals surface area contributed by atoms with E-state index in [2.05, 4.69) is 0 Å². The van der Waals surface area contributed by atoms with Crippen molar-refractivity contribution in [3.63, 3.8) is 0 Å². The molecule has 6 heteroatoms. The molecule has 0 saturated carbocycles. The highest BCUT2D eigenvalue weighted by atomic mass is 32.2. The average molecular weight is 256 g/mol. The molecule has 2 rings (SSSR count). The number of thiophene rings is 1. The highest BCUT2D eigenvalue weighted by Crippen LogP contribution is 2.33. The fourth-order valence-corrected chi connectivity index (χ4v) is 3.39. The minimum absolute atomic E-state index is 0.0452. The van der Waals surface area contributed by atoms with E-state index in [4.69, 9.17) is 5.73 Å². The van der Waals surface area contributed by atoms with E-state index < -0.39 is 0 Å². The number of hydrogen-bond acceptors (Lipinski definition) is 5. The summed E-state index contributed by atoms with van der Waals surface area (Å²) in [7, 11) is 0. The number of carbonyl (C=O) groups excluding carboxylic acids is 2. The van der Waals surface area contributed by atoms with Crippen molar-refractivity contribution in [3.05, 3.63) is 10.8 Å². The molecule has 2 N–H and O–H groups in total. The molecule has 0 aliphatic carbocycles. The Morgan fingerprint density at radius 1 is 1.62 bits per heavy atom. The zero-order valence-corrected chi connectivity index (χ0v) is 10.4. The average Bonchev–Trinajstić information content (AvgIpc) is 2.71. The fourth-order valence-electron chi connectivity index (χ4n) is 1.74. The summed E-state index contributed by atoms with van der Waals surface area (Å²) in [6.45, 7) is 2.10. The van der Waals surface area contributed by atoms with Crippen molar-refractivity contribution in [3.8, 4) is 0 Å². The van der Waals surface area contributed by atoms with Crippen molar-refractivity contribution in [1.82, 2.24) is 0 Å². The van der Waals surface area contributed by atoms with E-state index >= 15 is 0 Å². The van der Waals surface area contributed by atoms with Gasteiger partial charge < -0.3 is 10.6 Å². The molecular weight excluding hydrogens is 244 g/mol. The van der Waals surface area contributed by atoms with Crippen molar-refractivity contribution in [2.75, 3.05) is 17.2 Å². The third kappa shape index (κ3) is 2.22. The standard InChI is InChI=1S/C10H12N2O2S2/c1-6(13)16-7-2-10(14)12(3-7)9-5-15-4-8(9)11/h4-5,7H,2-3,11H2,1H3. The van der Waals surface area contributed by atoms with Crippen LogP contribution in [0.4, 0.5) is 11.4 Å². The number of rotatable bonds is 2. The molecule has 1 aliphatic heterocycles. The lowest BCUT2D eigenvalue weighted by Gasteiger charge is -2.15. The van der Waals surface area contributed by atoms with Crippen molar-refractivity contribution in [2.45, 2.75) is 18.6 Å². The second-order valence-corrected chi connectivity index (χ2v) is 5.87. The van der Waals surface area contributed by atoms with Crippen molar-refractivity contribution in [2.24, 2.45) is 0 Å². The molecule has 0 radical (unpaired) electrons. The van der Waals surface area contributed by atoms with E-state index in [1.165, 1.54) is 30.0 Å². The SMILES string of the molecule is CC(=O)SC1CC(=O)N(c2cscc2N)C1. The molecule has 1 atom stereocenters. The minimum Gasteiger partial charge on any atom is -0.396 e. The molecule has 16 heavy (non-hydrogen) atoms. The van der Waals surface area contributed by atoms with Crippen molar-refractivity contribution < 1.29 is 9.59 Å². The van der Waals surface area contributed by atoms with Gasteiger partial charge in [-0.1, -0.05) is 11.8 Å². The first-order valence-corrected chi connectivity index (χ1v) is 6.69. The number of nitrogens with zero attached hydrogens (tertiary/aromatic N) is 1. The molecular formula is C10H12N2O2S2. The van der Waals surface area contributed by atoms with Gasteiger partial charge in [0, 0.05) is 35.9 Å². The molecule has 0 spiro atoms. The first kappa shape index (κ1) is 11.5. The predicted octanol–water partition coefficient (Wildman–Crippen LogP) is 1.72. The molecule has 0 aromatic carbocycles. The first-order valence-electron chi connectivity index (χ1n) is 4.87. The Bertz CT molecular complexity index is 430. The van der Waals surface area contributed by atoms with Crippen LogP contribution in [0.2, 0.25) is 0 Å². The van der Waals surface area contributed by atoms with Crippen LogP contribution < -0.4 is 10.6 Å². The Morgan fingerprint density at radius 2 is 2.38 bits per heavy atom. The van der Waals surface area contributed by atoms with E-state index in [0.29, 0.717) is 18.7 Å². The summed E-state index contributed by atoms with van der Waals surface area (Å²) in [5.74, 6) is 0.0452. The largest absolute Gasteiger partial charge is 0.396 e. The van der Waals surface area contributed by atoms with Crippen LogP contribution in [0.25, 0.3) is 0 Å². The zero-order chi connectivity index (χ0) is 11.7. The smallest absolute Gasteiger partial charge is 0.228 e. The number of nitrogen functional groups attached to an aromatic ring is 1. The van der Waals surface area contributed by atoms with Gasteiger partial charge >= 0.3 is 0 Å². The minimum atomic E-state index is 0.0452. The molecule has 1 fully saturated rings. The summed E-state index contributed by atoms with van der Waals surface area (Å²) in [5.41, 5.74) is 7.18. The van der Waals surface area contributed by atoms with Gasteiger partial charge in [-0.3, -0.25) is 9.59 Å². The molecule has 2 heterocycles. The lowest BCUT2D eigenvalue weighted by atomic mass is 10.4. The predicted molar refractivity (Wildman–Crippen MR) is 67.8 cm³/mol. The monoisotopic (exact) mass is 256 g/mol. The molecule has 0 bridgehead atoms. The van der Waals surface area contributed by atoms with E-state index in [-0.39, 0.29) is 16.3 Å². The summed E-state index contributed by atoms with van der Waals surface area (Å²) in [5, 5.41) is 3.80. The van der Waals surface area contributed by atoms with Gasteiger partial charge in [-0.2, -0.15) is 0 Å². The quantitative estimate of drug-likeness (QED) is 0.875. The number of amides is 1. The Labute approximate surface area is 102 Å². The van der Waals surface area contributed by atoms with Gasteiger partial charge in [-0.15, -0.1) is 11.3 Å². The highest BCUT2D eigenvalue weighted by molar-refractivity contribution is 8.14. The Morgan fingerprint density at radius 3 is 2.94 bits per heavy atom. The second-order valence-electron chi connectivity index (χ2n) is 3.65. The maximum atomic E-state index is 11.8.